The van der Waals surface area contributed by atoms with E-state index in [9.17, 15) is 72.8 Å². The van der Waals surface area contributed by atoms with Crippen molar-refractivity contribution in [2.45, 2.75) is 165 Å². The number of ketones is 2. The molecule has 0 aromatic heterocycles. The molecule has 3 aliphatic rings. The third-order valence-corrected chi connectivity index (χ3v) is 20.3. The Labute approximate surface area is 580 Å². The van der Waals surface area contributed by atoms with Gasteiger partial charge in [-0.1, -0.05) is 93.9 Å². The molecule has 3 amide bonds. The number of ether oxygens (including phenoxy) is 2. The van der Waals surface area contributed by atoms with Crippen molar-refractivity contribution in [1.29, 1.82) is 0 Å². The first-order chi connectivity index (χ1) is 46.7. The van der Waals surface area contributed by atoms with Gasteiger partial charge >= 0.3 is 18.0 Å². The summed E-state index contributed by atoms with van der Waals surface area (Å²) >= 11 is 0. The van der Waals surface area contributed by atoms with E-state index >= 15 is 0 Å². The Hall–Kier alpha value is -8.18. The molecule has 99 heavy (non-hydrogen) atoms. The van der Waals surface area contributed by atoms with Crippen LogP contribution in [-0.4, -0.2) is 151 Å². The van der Waals surface area contributed by atoms with Crippen LogP contribution in [0.15, 0.2) is 149 Å². The van der Waals surface area contributed by atoms with Crippen molar-refractivity contribution >= 4 is 82.9 Å². The van der Waals surface area contributed by atoms with Crippen molar-refractivity contribution in [3.8, 4) is 5.75 Å². The summed E-state index contributed by atoms with van der Waals surface area (Å²) in [6, 6.07) is 25.0. The average Bonchev–Trinajstić information content (AvgIpc) is 1.60. The Balaban J connectivity index is 1.10. The van der Waals surface area contributed by atoms with Gasteiger partial charge in [0.25, 0.3) is 30.4 Å². The Bertz CT molecular complexity index is 4110. The molecule has 2 aliphatic heterocycles. The zero-order valence-corrected chi connectivity index (χ0v) is 59.1. The van der Waals surface area contributed by atoms with Gasteiger partial charge in [0.1, 0.15) is 29.8 Å². The summed E-state index contributed by atoms with van der Waals surface area (Å²) in [5.74, 6) is -5.90. The van der Waals surface area contributed by atoms with Crippen LogP contribution in [0.25, 0.3) is 0 Å². The summed E-state index contributed by atoms with van der Waals surface area (Å²) in [7, 11) is -13.5. The molecule has 0 spiro atoms. The van der Waals surface area contributed by atoms with Gasteiger partial charge in [-0.15, -0.1) is 0 Å². The maximum atomic E-state index is 14.2. The summed E-state index contributed by atoms with van der Waals surface area (Å²) in [6.45, 7) is 11.3. The van der Waals surface area contributed by atoms with Crippen LogP contribution in [0.4, 0.5) is 16.2 Å². The molecule has 24 nitrogen and oxygen atoms in total. The van der Waals surface area contributed by atoms with Crippen molar-refractivity contribution in [3.63, 3.8) is 0 Å². The molecule has 27 heteroatoms. The summed E-state index contributed by atoms with van der Waals surface area (Å²) in [4.78, 5) is 78.4. The van der Waals surface area contributed by atoms with Crippen LogP contribution in [0.1, 0.15) is 147 Å². The number of hydrogen-bond acceptors (Lipinski definition) is 15. The Morgan fingerprint density at radius 1 is 0.677 bits per heavy atom. The molecule has 4 aromatic rings. The number of nitrogens with one attached hydrogen (secondary N) is 3. The monoisotopic (exact) mass is 1430 g/mol. The SMILES string of the molecule is CCCCC[N+]1=C(/C=C/C2=C(Oc3ccc(C[C@H](CC(=O)[C@H](Cc4ccccc4)NC(=O)CCOCCCC(=O)[C@H](CS(=O)(=O)O)NC(=O)NCCCC(=O)O)C(=O)O)cc3)C(=C/C=C3/N(CCCCS(=O)(=O)O)c4ccc(S(=O)(=O)O)cc4C3(C)C)/CCC2)C(C)(C)c2ccccc21. The molecule has 1 aliphatic carbocycles. The van der Waals surface area contributed by atoms with Crippen LogP contribution >= 0.6 is 0 Å². The summed E-state index contributed by atoms with van der Waals surface area (Å²) in [5.41, 5.74) is 7.43. The maximum absolute atomic E-state index is 14.2. The molecule has 0 unspecified atom stereocenters. The molecule has 0 saturated heterocycles. The topological polar surface area (TPSA) is 367 Å². The highest BCUT2D eigenvalue weighted by Crippen LogP contribution is 2.49. The number of nitrogens with zero attached hydrogens (tertiary/aromatic N) is 2. The molecule has 0 radical (unpaired) electrons. The van der Waals surface area contributed by atoms with E-state index < -0.39 is 107 Å². The van der Waals surface area contributed by atoms with E-state index in [2.05, 4.69) is 77.7 Å². The van der Waals surface area contributed by atoms with Gasteiger partial charge < -0.3 is 40.5 Å². The number of fused-ring (bicyclic) bond motifs is 2. The lowest BCUT2D eigenvalue weighted by atomic mass is 9.81. The smallest absolute Gasteiger partial charge is 0.315 e. The van der Waals surface area contributed by atoms with Gasteiger partial charge in [0, 0.05) is 86.3 Å². The van der Waals surface area contributed by atoms with Crippen LogP contribution in [0.3, 0.4) is 0 Å². The van der Waals surface area contributed by atoms with Gasteiger partial charge in [0.15, 0.2) is 17.3 Å². The molecule has 8 N–H and O–H groups in total. The van der Waals surface area contributed by atoms with E-state index in [4.69, 9.17) is 14.6 Å². The second-order valence-electron chi connectivity index (χ2n) is 26.2. The second kappa shape index (κ2) is 35.2. The predicted molar refractivity (Wildman–Crippen MR) is 374 cm³/mol. The van der Waals surface area contributed by atoms with E-state index in [-0.39, 0.29) is 81.4 Å². The van der Waals surface area contributed by atoms with Gasteiger partial charge in [-0.3, -0.25) is 37.6 Å². The fourth-order valence-electron chi connectivity index (χ4n) is 12.7. The minimum Gasteiger partial charge on any atom is -0.481 e. The minimum absolute atomic E-state index is 0.0336. The molecular weight excluding hydrogens is 1340 g/mol. The standard InChI is InChI=1S/C72H91N5O19S3/c1-6-7-13-39-76-60-24-12-11-23-56(60)71(2,3)64(76)35-29-51-21-16-22-52(30-36-65-72(4,5)57-47-55(99(92,93)94)33-34-61(57)77(65)40-14-15-43-97(86,87)88)68(51)96-54-31-27-50(28-32-54)44-53(69(83)84)46-63(79)58(45-49-19-9-8-10-20-49)74-66(80)37-42-95-41-18-25-62(78)59(48-98(89,90)91)75-70(85)73-38-17-26-67(81)82/h8-12,19-20,23-24,27-36,47,53,58-59H,6-7,13-18,21-22,25-26,37-46,48H2,1-5H3,(H7-,73,74,75,80,81,82,83,84,85,86,87,88,89,90,91,92,93,94)/p+1/t53-,58+,59+/m1/s1. The van der Waals surface area contributed by atoms with Crippen LogP contribution in [0, 0.1) is 5.92 Å². The van der Waals surface area contributed by atoms with E-state index in [0.29, 0.717) is 59.7 Å². The molecule has 7 rings (SSSR count). The zero-order valence-electron chi connectivity index (χ0n) is 56.6. The van der Waals surface area contributed by atoms with Crippen molar-refractivity contribution in [3.05, 3.63) is 166 Å². The molecule has 0 bridgehead atoms. The van der Waals surface area contributed by atoms with Gasteiger partial charge in [-0.2, -0.15) is 29.8 Å². The molecule has 4 aromatic carbocycles. The highest BCUT2D eigenvalue weighted by Gasteiger charge is 2.45. The van der Waals surface area contributed by atoms with E-state index in [0.717, 1.165) is 60.5 Å². The van der Waals surface area contributed by atoms with E-state index in [1.807, 2.05) is 30.9 Å². The lowest BCUT2D eigenvalue weighted by molar-refractivity contribution is -0.438. The number of hydrogen-bond donors (Lipinski definition) is 8. The number of carboxylic acid groups (broad SMARTS) is 2. The quantitative estimate of drug-likeness (QED) is 0.0117. The molecule has 3 atom stereocenters. The molecule has 0 saturated carbocycles. The number of para-hydroxylation sites is 1. The van der Waals surface area contributed by atoms with Crippen LogP contribution in [0.2, 0.25) is 0 Å². The number of amides is 3. The number of carbonyl (C=O) groups excluding carboxylic acids is 4. The average molecular weight is 1430 g/mol. The Kier molecular flexibility index (Phi) is 27.8. The minimum atomic E-state index is -4.71. The van der Waals surface area contributed by atoms with Crippen molar-refractivity contribution in [1.82, 2.24) is 16.0 Å². The van der Waals surface area contributed by atoms with Crippen molar-refractivity contribution < 1.29 is 91.9 Å². The maximum Gasteiger partial charge on any atom is 0.315 e. The summed E-state index contributed by atoms with van der Waals surface area (Å²) in [5, 5.41) is 26.7. The number of carboxylic acids is 2. The summed E-state index contributed by atoms with van der Waals surface area (Å²) in [6.07, 6.45) is 12.8. The van der Waals surface area contributed by atoms with Crippen molar-refractivity contribution in [2.24, 2.45) is 5.92 Å². The van der Waals surface area contributed by atoms with Gasteiger partial charge in [-0.05, 0) is 148 Å². The number of carbonyl (C=O) groups is 6. The van der Waals surface area contributed by atoms with Crippen LogP contribution < -0.4 is 25.6 Å². The number of aliphatic carboxylic acids is 2. The Morgan fingerprint density at radius 3 is 2.06 bits per heavy atom. The predicted octanol–water partition coefficient (Wildman–Crippen LogP) is 9.96. The molecule has 2 heterocycles. The van der Waals surface area contributed by atoms with Crippen molar-refractivity contribution in [2.75, 3.05) is 49.3 Å². The number of unbranched alkanes of at least 4 members (excludes halogenated alkanes) is 3. The second-order valence-corrected chi connectivity index (χ2v) is 30.7. The van der Waals surface area contributed by atoms with Crippen LogP contribution in [0.5, 0.6) is 5.75 Å². The number of anilines is 1. The van der Waals surface area contributed by atoms with Gasteiger partial charge in [0.05, 0.1) is 34.6 Å². The fourth-order valence-corrected chi connectivity index (χ4v) is 14.4. The first kappa shape index (κ1) is 78.2. The normalized spacial score (nSPS) is 16.9. The van der Waals surface area contributed by atoms with Crippen LogP contribution in [-0.2, 0) is 82.7 Å². The lowest BCUT2D eigenvalue weighted by Gasteiger charge is -2.27. The number of benzene rings is 4. The number of rotatable bonds is 39. The highest BCUT2D eigenvalue weighted by molar-refractivity contribution is 7.86. The highest BCUT2D eigenvalue weighted by atomic mass is 32.2. The zero-order chi connectivity index (χ0) is 72.3. The Morgan fingerprint density at radius 2 is 1.38 bits per heavy atom. The fraction of sp³-hybridized carbons (Fsp3) is 0.458. The molecular formula is C72H92N5O19S3+. The number of Topliss-reactive ketones (excluding diaryl/α,β-unsaturated/α-hetero) is 2. The third kappa shape index (κ3) is 22.9. The summed E-state index contributed by atoms with van der Waals surface area (Å²) < 4.78 is 116. The van der Waals surface area contributed by atoms with E-state index in [1.165, 1.54) is 17.7 Å². The first-order valence-corrected chi connectivity index (χ1v) is 38.0. The van der Waals surface area contributed by atoms with Gasteiger partial charge in [0.2, 0.25) is 11.6 Å². The van der Waals surface area contributed by atoms with Gasteiger partial charge in [-0.25, -0.2) is 4.79 Å². The molecule has 536 valence electrons. The first-order valence-electron chi connectivity index (χ1n) is 33.3. The lowest BCUT2D eigenvalue weighted by Crippen LogP contribution is -2.49. The molecule has 0 fully saturated rings. The largest absolute Gasteiger partial charge is 0.481 e. The van der Waals surface area contributed by atoms with E-state index in [1.54, 1.807) is 60.7 Å². The number of urea groups is 1. The number of allylic oxidation sites excluding steroid dienone is 7. The third-order valence-electron chi connectivity index (χ3n) is 17.9.